The highest BCUT2D eigenvalue weighted by atomic mass is 19.4. The van der Waals surface area contributed by atoms with Gasteiger partial charge in [-0.15, -0.1) is 0 Å². The van der Waals surface area contributed by atoms with Gasteiger partial charge in [0.2, 0.25) is 0 Å². The molecule has 0 saturated carbocycles. The third-order valence-electron chi connectivity index (χ3n) is 3.61. The molecule has 0 aliphatic heterocycles. The van der Waals surface area contributed by atoms with Crippen molar-refractivity contribution >= 4 is 16.9 Å². The van der Waals surface area contributed by atoms with Gasteiger partial charge in [0.15, 0.2) is 0 Å². The van der Waals surface area contributed by atoms with Crippen LogP contribution in [0.1, 0.15) is 11.3 Å². The topological polar surface area (TPSA) is 63.9 Å². The first kappa shape index (κ1) is 16.9. The van der Waals surface area contributed by atoms with Crippen molar-refractivity contribution < 1.29 is 13.2 Å². The summed E-state index contributed by atoms with van der Waals surface area (Å²) in [5, 5.41) is 0.367. The quantitative estimate of drug-likeness (QED) is 0.726. The molecule has 6 nitrogen and oxygen atoms in total. The van der Waals surface area contributed by atoms with Crippen LogP contribution >= 0.6 is 0 Å². The van der Waals surface area contributed by atoms with Crippen molar-refractivity contribution in [1.29, 1.82) is 0 Å². The van der Waals surface area contributed by atoms with Gasteiger partial charge in [-0.1, -0.05) is 0 Å². The summed E-state index contributed by atoms with van der Waals surface area (Å²) in [6.45, 7) is 0.0485. The van der Waals surface area contributed by atoms with E-state index in [-0.39, 0.29) is 18.0 Å². The highest BCUT2D eigenvalue weighted by Crippen LogP contribution is 2.30. The third-order valence-corrected chi connectivity index (χ3v) is 3.61. The van der Waals surface area contributed by atoms with Crippen molar-refractivity contribution in [2.75, 3.05) is 19.0 Å². The summed E-state index contributed by atoms with van der Waals surface area (Å²) >= 11 is 0. The maximum Gasteiger partial charge on any atom is 0.433 e. The van der Waals surface area contributed by atoms with Gasteiger partial charge in [-0.25, -0.2) is 9.78 Å². The van der Waals surface area contributed by atoms with E-state index in [9.17, 15) is 18.0 Å². The van der Waals surface area contributed by atoms with Gasteiger partial charge in [0, 0.05) is 26.5 Å². The van der Waals surface area contributed by atoms with Gasteiger partial charge in [0.05, 0.1) is 11.9 Å². The Balaban J connectivity index is 2.29. The van der Waals surface area contributed by atoms with Gasteiger partial charge in [-0.2, -0.15) is 18.2 Å². The SMILES string of the molecule is CN(C)c1nc(=O)n(Cc2ccncc2)c2nc(C(F)(F)F)ccc12. The summed E-state index contributed by atoms with van der Waals surface area (Å²) in [5.74, 6) is 0.271. The number of hydrogen-bond donors (Lipinski definition) is 0. The van der Waals surface area contributed by atoms with E-state index in [1.807, 2.05) is 0 Å². The lowest BCUT2D eigenvalue weighted by atomic mass is 10.2. The number of alkyl halides is 3. The van der Waals surface area contributed by atoms with Gasteiger partial charge in [0.1, 0.15) is 17.2 Å². The van der Waals surface area contributed by atoms with Crippen LogP contribution in [0.5, 0.6) is 0 Å². The Bertz CT molecular complexity index is 967. The second-order valence-electron chi connectivity index (χ2n) is 5.62. The van der Waals surface area contributed by atoms with Crippen LogP contribution in [0.4, 0.5) is 19.0 Å². The Morgan fingerprint density at radius 3 is 2.36 bits per heavy atom. The fourth-order valence-corrected chi connectivity index (χ4v) is 2.44. The minimum atomic E-state index is -4.60. The van der Waals surface area contributed by atoms with E-state index >= 15 is 0 Å². The molecule has 3 aromatic rings. The number of halogens is 3. The maximum absolute atomic E-state index is 13.0. The zero-order valence-corrected chi connectivity index (χ0v) is 13.4. The van der Waals surface area contributed by atoms with Crippen LogP contribution in [-0.2, 0) is 12.7 Å². The van der Waals surface area contributed by atoms with Crippen molar-refractivity contribution in [1.82, 2.24) is 19.5 Å². The summed E-state index contributed by atoms with van der Waals surface area (Å²) in [7, 11) is 3.32. The van der Waals surface area contributed by atoms with Crippen LogP contribution in [0.2, 0.25) is 0 Å². The molecule has 3 heterocycles. The molecule has 0 amide bonds. The minimum absolute atomic E-state index is 0.0485. The Hall–Kier alpha value is -2.97. The van der Waals surface area contributed by atoms with Crippen LogP contribution < -0.4 is 10.6 Å². The van der Waals surface area contributed by atoms with Crippen LogP contribution in [0.15, 0.2) is 41.5 Å². The van der Waals surface area contributed by atoms with Crippen molar-refractivity contribution in [3.8, 4) is 0 Å². The summed E-state index contributed by atoms with van der Waals surface area (Å²) in [4.78, 5) is 25.5. The lowest BCUT2D eigenvalue weighted by molar-refractivity contribution is -0.141. The molecule has 0 radical (unpaired) electrons. The molecule has 0 spiro atoms. The summed E-state index contributed by atoms with van der Waals surface area (Å²) in [6, 6.07) is 5.52. The van der Waals surface area contributed by atoms with Crippen LogP contribution in [-0.4, -0.2) is 33.6 Å². The molecule has 0 unspecified atom stereocenters. The van der Waals surface area contributed by atoms with Gasteiger partial charge >= 0.3 is 11.9 Å². The van der Waals surface area contributed by atoms with Gasteiger partial charge in [0.25, 0.3) is 0 Å². The first-order valence-corrected chi connectivity index (χ1v) is 7.32. The molecular formula is C16H14F3N5O. The van der Waals surface area contributed by atoms with E-state index in [0.717, 1.165) is 10.6 Å². The van der Waals surface area contributed by atoms with Crippen molar-refractivity contribution in [2.45, 2.75) is 12.7 Å². The highest BCUT2D eigenvalue weighted by molar-refractivity contribution is 5.87. The molecule has 0 N–H and O–H groups in total. The summed E-state index contributed by atoms with van der Waals surface area (Å²) in [6.07, 6.45) is -1.52. The molecule has 0 saturated heterocycles. The molecule has 0 fully saturated rings. The average molecular weight is 349 g/mol. The lowest BCUT2D eigenvalue weighted by Crippen LogP contribution is -2.28. The number of anilines is 1. The smallest absolute Gasteiger partial charge is 0.362 e. The monoisotopic (exact) mass is 349 g/mol. The number of rotatable bonds is 3. The van der Waals surface area contributed by atoms with Crippen LogP contribution in [0.25, 0.3) is 11.0 Å². The number of hydrogen-bond acceptors (Lipinski definition) is 5. The number of pyridine rings is 2. The van der Waals surface area contributed by atoms with E-state index in [2.05, 4.69) is 15.0 Å². The molecule has 3 aromatic heterocycles. The molecule has 3 rings (SSSR count). The largest absolute Gasteiger partial charge is 0.433 e. The lowest BCUT2D eigenvalue weighted by Gasteiger charge is -2.17. The standard InChI is InChI=1S/C16H14F3N5O/c1-23(2)13-11-3-4-12(16(17,18)19)21-14(11)24(15(25)22-13)9-10-5-7-20-8-6-10/h3-8H,9H2,1-2H3. The van der Waals surface area contributed by atoms with Gasteiger partial charge < -0.3 is 4.90 Å². The predicted octanol–water partition coefficient (Wildman–Crippen LogP) is 2.32. The fourth-order valence-electron chi connectivity index (χ4n) is 2.44. The van der Waals surface area contributed by atoms with Gasteiger partial charge in [-0.3, -0.25) is 9.55 Å². The van der Waals surface area contributed by atoms with E-state index in [4.69, 9.17) is 0 Å². The zero-order valence-electron chi connectivity index (χ0n) is 13.4. The molecule has 0 aliphatic rings. The maximum atomic E-state index is 13.0. The number of nitrogens with zero attached hydrogens (tertiary/aromatic N) is 5. The van der Waals surface area contributed by atoms with Crippen molar-refractivity contribution in [3.63, 3.8) is 0 Å². The van der Waals surface area contributed by atoms with Gasteiger partial charge in [-0.05, 0) is 29.8 Å². The van der Waals surface area contributed by atoms with Crippen molar-refractivity contribution in [3.05, 3.63) is 58.4 Å². The molecule has 25 heavy (non-hydrogen) atoms. The highest BCUT2D eigenvalue weighted by Gasteiger charge is 2.33. The molecule has 0 atom stereocenters. The Labute approximate surface area is 140 Å². The molecule has 0 bridgehead atoms. The Morgan fingerprint density at radius 1 is 1.08 bits per heavy atom. The van der Waals surface area contributed by atoms with E-state index in [1.54, 1.807) is 43.5 Å². The average Bonchev–Trinajstić information content (AvgIpc) is 2.56. The van der Waals surface area contributed by atoms with Crippen molar-refractivity contribution in [2.24, 2.45) is 0 Å². The number of fused-ring (bicyclic) bond motifs is 1. The second kappa shape index (κ2) is 6.15. The molecule has 9 heteroatoms. The Kier molecular flexibility index (Phi) is 4.15. The molecular weight excluding hydrogens is 335 g/mol. The predicted molar refractivity (Wildman–Crippen MR) is 86.5 cm³/mol. The van der Waals surface area contributed by atoms with Crippen LogP contribution in [0.3, 0.4) is 0 Å². The summed E-state index contributed by atoms with van der Waals surface area (Å²) < 4.78 is 40.3. The zero-order chi connectivity index (χ0) is 18.2. The number of aromatic nitrogens is 4. The first-order valence-electron chi connectivity index (χ1n) is 7.32. The molecule has 0 aliphatic carbocycles. The normalized spacial score (nSPS) is 11.7. The second-order valence-corrected chi connectivity index (χ2v) is 5.62. The Morgan fingerprint density at radius 2 is 1.76 bits per heavy atom. The minimum Gasteiger partial charge on any atom is -0.362 e. The van der Waals surface area contributed by atoms with E-state index in [0.29, 0.717) is 10.9 Å². The summed E-state index contributed by atoms with van der Waals surface area (Å²) in [5.41, 5.74) is -1.08. The molecule has 0 aromatic carbocycles. The third kappa shape index (κ3) is 3.30. The van der Waals surface area contributed by atoms with E-state index < -0.39 is 17.6 Å². The fraction of sp³-hybridized carbons (Fsp3) is 0.250. The molecule has 130 valence electrons. The van der Waals surface area contributed by atoms with E-state index in [1.165, 1.54) is 6.07 Å². The first-order chi connectivity index (χ1) is 11.8. The van der Waals surface area contributed by atoms with Crippen LogP contribution in [0, 0.1) is 0 Å².